The van der Waals surface area contributed by atoms with Gasteiger partial charge in [-0.15, -0.1) is 0 Å². The molecular formula is C57H65N3O7. The molecule has 0 spiro atoms. The Morgan fingerprint density at radius 1 is 0.791 bits per heavy atom. The van der Waals surface area contributed by atoms with Crippen LogP contribution < -0.4 is 24.4 Å². The SMILES string of the molecule is CC[C@H](C(=O)N1CCCC[C@H]1C(=O)O[C@H](CCc1ccc(C)c(C)c1)c1cccc(OCC(=O)NCCCCN2Cc3ccccc3C#Cc3ccccc32)c1)c1cc(C)c(OC)c(OC)c1. The number of benzene rings is 5. The van der Waals surface area contributed by atoms with E-state index in [4.69, 9.17) is 18.9 Å². The first kappa shape index (κ1) is 48.2. The number of hydrogen-bond acceptors (Lipinski definition) is 8. The van der Waals surface area contributed by atoms with Crippen LogP contribution in [0.15, 0.2) is 103 Å². The number of fused-ring (bicyclic) bond motifs is 2. The smallest absolute Gasteiger partial charge is 0.329 e. The van der Waals surface area contributed by atoms with Gasteiger partial charge in [0.1, 0.15) is 17.9 Å². The highest BCUT2D eigenvalue weighted by Crippen LogP contribution is 2.37. The standard InChI is InChI=1S/C57H65N3O7/c1-7-49(47-34-41(4)55(65-6)53(36-47)64-5)56(62)60-32-14-12-23-51(60)57(63)67-52(29-26-42-25-24-39(2)40(3)33-42)45-20-16-21-48(35-45)66-38-54(61)58-30-13-15-31-59-37-46-19-9-8-17-43(46)27-28-44-18-10-11-22-50(44)59/h8-11,16-22,24-25,33-36,49,51-52H,7,12-15,23,26,29-32,37-38H2,1-6H3,(H,58,61)/t49-,51-,52+/m0/s1. The number of aryl methyl sites for hydroxylation is 4. The van der Waals surface area contributed by atoms with E-state index in [9.17, 15) is 14.4 Å². The van der Waals surface area contributed by atoms with E-state index in [-0.39, 0.29) is 18.4 Å². The molecule has 0 aromatic heterocycles. The monoisotopic (exact) mass is 903 g/mol. The maximum atomic E-state index is 14.5. The first-order valence-electron chi connectivity index (χ1n) is 23.8. The zero-order valence-electron chi connectivity index (χ0n) is 40.0. The second-order valence-corrected chi connectivity index (χ2v) is 17.7. The average molecular weight is 904 g/mol. The normalized spacial score (nSPS) is 15.0. The number of amides is 2. The van der Waals surface area contributed by atoms with Gasteiger partial charge in [-0.3, -0.25) is 9.59 Å². The molecule has 0 saturated carbocycles. The van der Waals surface area contributed by atoms with Gasteiger partial charge < -0.3 is 34.1 Å². The van der Waals surface area contributed by atoms with Crippen molar-refractivity contribution in [2.24, 2.45) is 0 Å². The molecule has 2 heterocycles. The van der Waals surface area contributed by atoms with Crippen LogP contribution in [0.25, 0.3) is 0 Å². The highest BCUT2D eigenvalue weighted by Gasteiger charge is 2.38. The summed E-state index contributed by atoms with van der Waals surface area (Å²) < 4.78 is 23.7. The summed E-state index contributed by atoms with van der Waals surface area (Å²) in [4.78, 5) is 46.0. The van der Waals surface area contributed by atoms with Gasteiger partial charge in [0.2, 0.25) is 5.91 Å². The summed E-state index contributed by atoms with van der Waals surface area (Å²) >= 11 is 0. The van der Waals surface area contributed by atoms with Crippen molar-refractivity contribution in [1.29, 1.82) is 0 Å². The minimum Gasteiger partial charge on any atom is -0.493 e. The molecule has 2 aliphatic heterocycles. The minimum absolute atomic E-state index is 0.101. The van der Waals surface area contributed by atoms with Crippen LogP contribution in [0, 0.1) is 32.6 Å². The van der Waals surface area contributed by atoms with E-state index in [0.29, 0.717) is 56.0 Å². The Morgan fingerprint density at radius 3 is 2.37 bits per heavy atom. The number of piperidine rings is 1. The minimum atomic E-state index is -0.723. The number of nitrogens with zero attached hydrogens (tertiary/aromatic N) is 2. The fourth-order valence-electron chi connectivity index (χ4n) is 9.27. The number of hydrogen-bond donors (Lipinski definition) is 1. The molecule has 0 bridgehead atoms. The van der Waals surface area contributed by atoms with Crippen LogP contribution in [-0.2, 0) is 32.1 Å². The summed E-state index contributed by atoms with van der Waals surface area (Å²) in [5.74, 6) is 7.21. The van der Waals surface area contributed by atoms with Crippen LogP contribution >= 0.6 is 0 Å². The number of nitrogens with one attached hydrogen (secondary N) is 1. The molecule has 0 unspecified atom stereocenters. The molecule has 7 rings (SSSR count). The maximum absolute atomic E-state index is 14.5. The van der Waals surface area contributed by atoms with Crippen molar-refractivity contribution in [3.8, 4) is 29.1 Å². The lowest BCUT2D eigenvalue weighted by molar-refractivity contribution is -0.162. The van der Waals surface area contributed by atoms with E-state index in [1.54, 1.807) is 19.1 Å². The first-order chi connectivity index (χ1) is 32.6. The quantitative estimate of drug-likeness (QED) is 0.0496. The molecule has 3 atom stereocenters. The second kappa shape index (κ2) is 23.1. The van der Waals surface area contributed by atoms with E-state index >= 15 is 0 Å². The van der Waals surface area contributed by atoms with Crippen molar-refractivity contribution in [3.05, 3.63) is 153 Å². The summed E-state index contributed by atoms with van der Waals surface area (Å²) in [5, 5.41) is 3.03. The van der Waals surface area contributed by atoms with Crippen molar-refractivity contribution in [2.45, 2.75) is 104 Å². The van der Waals surface area contributed by atoms with Gasteiger partial charge in [0, 0.05) is 37.3 Å². The van der Waals surface area contributed by atoms with Crippen LogP contribution in [0.2, 0.25) is 0 Å². The van der Waals surface area contributed by atoms with E-state index in [2.05, 4.69) is 90.5 Å². The summed E-state index contributed by atoms with van der Waals surface area (Å²) in [6.45, 7) is 10.6. The zero-order chi connectivity index (χ0) is 47.3. The van der Waals surface area contributed by atoms with E-state index in [1.807, 2.05) is 62.4 Å². The first-order valence-corrected chi connectivity index (χ1v) is 23.8. The maximum Gasteiger partial charge on any atom is 0.329 e. The van der Waals surface area contributed by atoms with Gasteiger partial charge in [-0.2, -0.15) is 0 Å². The molecule has 350 valence electrons. The number of carbonyl (C=O) groups excluding carboxylic acids is 3. The third kappa shape index (κ3) is 12.2. The molecule has 5 aromatic rings. The van der Waals surface area contributed by atoms with Crippen molar-refractivity contribution < 1.29 is 33.3 Å². The van der Waals surface area contributed by atoms with Crippen LogP contribution in [0.4, 0.5) is 5.69 Å². The van der Waals surface area contributed by atoms with Crippen molar-refractivity contribution in [1.82, 2.24) is 10.2 Å². The number of anilines is 1. The van der Waals surface area contributed by atoms with E-state index < -0.39 is 24.0 Å². The summed E-state index contributed by atoms with van der Waals surface area (Å²) in [7, 11) is 3.19. The molecule has 1 N–H and O–H groups in total. The summed E-state index contributed by atoms with van der Waals surface area (Å²) in [5.41, 5.74) is 10.4. The molecule has 1 saturated heterocycles. The third-order valence-corrected chi connectivity index (χ3v) is 13.1. The number of unbranched alkanes of at least 4 members (excludes halogenated alkanes) is 1. The van der Waals surface area contributed by atoms with Gasteiger partial charge in [-0.1, -0.05) is 85.5 Å². The Bertz CT molecular complexity index is 2590. The van der Waals surface area contributed by atoms with Gasteiger partial charge >= 0.3 is 5.97 Å². The number of likely N-dealkylation sites (tertiary alicyclic amines) is 1. The van der Waals surface area contributed by atoms with Crippen molar-refractivity contribution in [2.75, 3.05) is 45.4 Å². The number of rotatable bonds is 19. The van der Waals surface area contributed by atoms with Crippen LogP contribution in [0.3, 0.4) is 0 Å². The van der Waals surface area contributed by atoms with Crippen molar-refractivity contribution >= 4 is 23.5 Å². The largest absolute Gasteiger partial charge is 0.493 e. The number of esters is 1. The Morgan fingerprint density at radius 2 is 1.58 bits per heavy atom. The molecule has 0 aliphatic carbocycles. The molecule has 67 heavy (non-hydrogen) atoms. The Hall–Kier alpha value is -6.73. The lowest BCUT2D eigenvalue weighted by Crippen LogP contribution is -2.50. The predicted molar refractivity (Wildman–Crippen MR) is 264 cm³/mol. The molecule has 10 heteroatoms. The molecule has 0 radical (unpaired) electrons. The molecule has 2 amide bonds. The number of carbonyl (C=O) groups is 3. The van der Waals surface area contributed by atoms with Crippen LogP contribution in [-0.4, -0.2) is 69.2 Å². The van der Waals surface area contributed by atoms with E-state index in [0.717, 1.165) is 77.8 Å². The predicted octanol–water partition coefficient (Wildman–Crippen LogP) is 10.1. The average Bonchev–Trinajstić information content (AvgIpc) is 3.34. The van der Waals surface area contributed by atoms with Gasteiger partial charge in [0.15, 0.2) is 18.1 Å². The lowest BCUT2D eigenvalue weighted by Gasteiger charge is -2.37. The molecule has 2 aliphatic rings. The third-order valence-electron chi connectivity index (χ3n) is 13.1. The van der Waals surface area contributed by atoms with Crippen molar-refractivity contribution in [3.63, 3.8) is 0 Å². The van der Waals surface area contributed by atoms with Crippen LogP contribution in [0.1, 0.15) is 114 Å². The lowest BCUT2D eigenvalue weighted by atomic mass is 9.91. The fraction of sp³-hybridized carbons (Fsp3) is 0.386. The highest BCUT2D eigenvalue weighted by molar-refractivity contribution is 5.89. The fourth-order valence-corrected chi connectivity index (χ4v) is 9.27. The summed E-state index contributed by atoms with van der Waals surface area (Å²) in [6.07, 6.45) is 4.94. The summed E-state index contributed by atoms with van der Waals surface area (Å²) in [6, 6.07) is 33.6. The number of para-hydroxylation sites is 1. The van der Waals surface area contributed by atoms with E-state index in [1.165, 1.54) is 16.7 Å². The zero-order valence-corrected chi connectivity index (χ0v) is 40.0. The topological polar surface area (TPSA) is 107 Å². The number of ether oxygens (including phenoxy) is 4. The molecule has 5 aromatic carbocycles. The Balaban J connectivity index is 0.986. The van der Waals surface area contributed by atoms with Gasteiger partial charge in [-0.25, -0.2) is 4.79 Å². The second-order valence-electron chi connectivity index (χ2n) is 17.7. The molecular weight excluding hydrogens is 839 g/mol. The molecule has 1 fully saturated rings. The molecule has 10 nitrogen and oxygen atoms in total. The highest BCUT2D eigenvalue weighted by atomic mass is 16.5. The van der Waals surface area contributed by atoms with Crippen LogP contribution in [0.5, 0.6) is 17.2 Å². The van der Waals surface area contributed by atoms with Gasteiger partial charge in [-0.05, 0) is 147 Å². The van der Waals surface area contributed by atoms with Gasteiger partial charge in [0.05, 0.1) is 25.8 Å². The Kier molecular flexibility index (Phi) is 16.6. The number of methoxy groups -OCH3 is 2. The van der Waals surface area contributed by atoms with Gasteiger partial charge in [0.25, 0.3) is 5.91 Å². The Labute approximate surface area is 397 Å².